The number of thioether (sulfide) groups is 1. The maximum atomic E-state index is 4.97. The molecule has 0 unspecified atom stereocenters. The quantitative estimate of drug-likeness (QED) is 0.601. The molecule has 10 heavy (non-hydrogen) atoms. The standard InChI is InChI=1S/C6H12N2S2/c1-10-4-5-2-3-7-6(9)8-5/h5H,2-4H2,1H3,(H2,7,8,9)/t5-/m0/s1. The molecule has 0 bridgehead atoms. The average Bonchev–Trinajstić information content (AvgIpc) is 1.88. The third-order valence-electron chi connectivity index (χ3n) is 1.48. The van der Waals surface area contributed by atoms with Crippen LogP contribution in [0.3, 0.4) is 0 Å². The van der Waals surface area contributed by atoms with E-state index in [-0.39, 0.29) is 0 Å². The first-order chi connectivity index (χ1) is 4.83. The van der Waals surface area contributed by atoms with Crippen LogP contribution in [0.1, 0.15) is 6.42 Å². The molecular weight excluding hydrogens is 164 g/mol. The van der Waals surface area contributed by atoms with Crippen LogP contribution in [0.2, 0.25) is 0 Å². The van der Waals surface area contributed by atoms with Gasteiger partial charge in [0, 0.05) is 18.3 Å². The molecule has 0 aliphatic carbocycles. The monoisotopic (exact) mass is 176 g/mol. The summed E-state index contributed by atoms with van der Waals surface area (Å²) in [6, 6.07) is 0.587. The average molecular weight is 176 g/mol. The first-order valence-electron chi connectivity index (χ1n) is 3.36. The molecule has 4 heteroatoms. The molecule has 1 heterocycles. The van der Waals surface area contributed by atoms with Gasteiger partial charge >= 0.3 is 0 Å². The lowest BCUT2D eigenvalue weighted by molar-refractivity contribution is 0.558. The van der Waals surface area contributed by atoms with E-state index < -0.39 is 0 Å². The third-order valence-corrected chi connectivity index (χ3v) is 2.48. The molecule has 58 valence electrons. The van der Waals surface area contributed by atoms with Crippen molar-refractivity contribution in [1.82, 2.24) is 10.6 Å². The first-order valence-corrected chi connectivity index (χ1v) is 5.16. The molecule has 0 saturated carbocycles. The molecule has 0 aromatic heterocycles. The van der Waals surface area contributed by atoms with Gasteiger partial charge < -0.3 is 10.6 Å². The summed E-state index contributed by atoms with van der Waals surface area (Å²) in [5, 5.41) is 7.11. The lowest BCUT2D eigenvalue weighted by atomic mass is 10.2. The van der Waals surface area contributed by atoms with Crippen molar-refractivity contribution in [3.63, 3.8) is 0 Å². The van der Waals surface area contributed by atoms with Crippen LogP contribution in [-0.2, 0) is 0 Å². The van der Waals surface area contributed by atoms with Crippen molar-refractivity contribution >= 4 is 29.1 Å². The van der Waals surface area contributed by atoms with E-state index in [4.69, 9.17) is 12.2 Å². The highest BCUT2D eigenvalue weighted by atomic mass is 32.2. The summed E-state index contributed by atoms with van der Waals surface area (Å²) in [6.45, 7) is 1.02. The fourth-order valence-corrected chi connectivity index (χ4v) is 1.92. The Labute approximate surface area is 71.1 Å². The van der Waals surface area contributed by atoms with Crippen LogP contribution < -0.4 is 10.6 Å². The van der Waals surface area contributed by atoms with E-state index in [1.165, 1.54) is 6.42 Å². The summed E-state index contributed by atoms with van der Waals surface area (Å²) >= 11 is 6.83. The molecule has 1 saturated heterocycles. The smallest absolute Gasteiger partial charge is 0.166 e. The summed E-state index contributed by atoms with van der Waals surface area (Å²) in [6.07, 6.45) is 3.30. The highest BCUT2D eigenvalue weighted by Crippen LogP contribution is 2.03. The van der Waals surface area contributed by atoms with E-state index in [1.54, 1.807) is 0 Å². The van der Waals surface area contributed by atoms with Crippen molar-refractivity contribution in [2.45, 2.75) is 12.5 Å². The molecule has 0 aromatic carbocycles. The van der Waals surface area contributed by atoms with Gasteiger partial charge in [0.1, 0.15) is 0 Å². The normalized spacial score (nSPS) is 25.3. The molecule has 0 radical (unpaired) electrons. The molecule has 2 nitrogen and oxygen atoms in total. The van der Waals surface area contributed by atoms with E-state index in [2.05, 4.69) is 16.9 Å². The van der Waals surface area contributed by atoms with Crippen molar-refractivity contribution in [3.8, 4) is 0 Å². The predicted molar refractivity (Wildman–Crippen MR) is 50.5 cm³/mol. The topological polar surface area (TPSA) is 24.1 Å². The van der Waals surface area contributed by atoms with Crippen LogP contribution in [0.15, 0.2) is 0 Å². The summed E-state index contributed by atoms with van der Waals surface area (Å²) < 4.78 is 0. The van der Waals surface area contributed by atoms with Crippen LogP contribution in [0, 0.1) is 0 Å². The molecule has 1 fully saturated rings. The highest BCUT2D eigenvalue weighted by molar-refractivity contribution is 7.98. The van der Waals surface area contributed by atoms with Crippen LogP contribution in [0.25, 0.3) is 0 Å². The van der Waals surface area contributed by atoms with E-state index in [9.17, 15) is 0 Å². The summed E-state index contributed by atoms with van der Waals surface area (Å²) in [5.41, 5.74) is 0. The number of nitrogens with one attached hydrogen (secondary N) is 2. The Morgan fingerprint density at radius 3 is 3.20 bits per heavy atom. The zero-order chi connectivity index (χ0) is 7.40. The Balaban J connectivity index is 2.25. The molecule has 1 aliphatic heterocycles. The molecule has 2 N–H and O–H groups in total. The van der Waals surface area contributed by atoms with Crippen LogP contribution in [0.5, 0.6) is 0 Å². The van der Waals surface area contributed by atoms with Gasteiger partial charge in [0.05, 0.1) is 0 Å². The van der Waals surface area contributed by atoms with Gasteiger partial charge in [-0.05, 0) is 24.9 Å². The summed E-state index contributed by atoms with van der Waals surface area (Å²) in [7, 11) is 0. The Morgan fingerprint density at radius 2 is 2.60 bits per heavy atom. The van der Waals surface area contributed by atoms with Gasteiger partial charge in [-0.1, -0.05) is 0 Å². The lowest BCUT2D eigenvalue weighted by Crippen LogP contribution is -2.49. The number of hydrogen-bond donors (Lipinski definition) is 2. The van der Waals surface area contributed by atoms with Gasteiger partial charge in [0.2, 0.25) is 0 Å². The van der Waals surface area contributed by atoms with Gasteiger partial charge in [-0.25, -0.2) is 0 Å². The second-order valence-electron chi connectivity index (χ2n) is 2.34. The van der Waals surface area contributed by atoms with Gasteiger partial charge in [0.15, 0.2) is 5.11 Å². The van der Waals surface area contributed by atoms with Crippen molar-refractivity contribution in [3.05, 3.63) is 0 Å². The third kappa shape index (κ3) is 2.34. The highest BCUT2D eigenvalue weighted by Gasteiger charge is 2.13. The zero-order valence-electron chi connectivity index (χ0n) is 6.02. The molecule has 0 aromatic rings. The van der Waals surface area contributed by atoms with E-state index in [0.717, 1.165) is 17.4 Å². The summed E-state index contributed by atoms with van der Waals surface area (Å²) in [5.74, 6) is 1.15. The first kappa shape index (κ1) is 8.14. The van der Waals surface area contributed by atoms with Gasteiger partial charge in [-0.2, -0.15) is 11.8 Å². The van der Waals surface area contributed by atoms with Crippen LogP contribution in [-0.4, -0.2) is 29.7 Å². The van der Waals surface area contributed by atoms with Crippen LogP contribution >= 0.6 is 24.0 Å². The van der Waals surface area contributed by atoms with Crippen molar-refractivity contribution in [1.29, 1.82) is 0 Å². The van der Waals surface area contributed by atoms with Gasteiger partial charge in [-0.3, -0.25) is 0 Å². The Bertz CT molecular complexity index is 125. The molecule has 1 aliphatic rings. The molecule has 1 rings (SSSR count). The Kier molecular flexibility index (Phi) is 3.28. The Hall–Kier alpha value is 0.0400. The van der Waals surface area contributed by atoms with Crippen molar-refractivity contribution in [2.24, 2.45) is 0 Å². The molecular formula is C6H12N2S2. The number of thiocarbonyl (C=S) groups is 1. The second-order valence-corrected chi connectivity index (χ2v) is 3.66. The molecule has 0 spiro atoms. The van der Waals surface area contributed by atoms with E-state index in [0.29, 0.717) is 6.04 Å². The Morgan fingerprint density at radius 1 is 1.80 bits per heavy atom. The van der Waals surface area contributed by atoms with Crippen molar-refractivity contribution in [2.75, 3.05) is 18.6 Å². The van der Waals surface area contributed by atoms with E-state index >= 15 is 0 Å². The minimum absolute atomic E-state index is 0.587. The van der Waals surface area contributed by atoms with Gasteiger partial charge in [0.25, 0.3) is 0 Å². The zero-order valence-corrected chi connectivity index (χ0v) is 7.65. The molecule has 0 amide bonds. The van der Waals surface area contributed by atoms with E-state index in [1.807, 2.05) is 11.8 Å². The largest absolute Gasteiger partial charge is 0.363 e. The van der Waals surface area contributed by atoms with Gasteiger partial charge in [-0.15, -0.1) is 0 Å². The maximum Gasteiger partial charge on any atom is 0.166 e. The molecule has 1 atom stereocenters. The van der Waals surface area contributed by atoms with Crippen LogP contribution in [0.4, 0.5) is 0 Å². The number of rotatable bonds is 2. The van der Waals surface area contributed by atoms with Crippen molar-refractivity contribution < 1.29 is 0 Å². The minimum atomic E-state index is 0.587. The number of hydrogen-bond acceptors (Lipinski definition) is 2. The predicted octanol–water partition coefficient (Wildman–Crippen LogP) is 0.586. The SMILES string of the molecule is CSC[C@@H]1CCNC(=S)N1. The minimum Gasteiger partial charge on any atom is -0.363 e. The fourth-order valence-electron chi connectivity index (χ4n) is 0.995. The summed E-state index contributed by atoms with van der Waals surface area (Å²) in [4.78, 5) is 0. The maximum absolute atomic E-state index is 4.97. The second kappa shape index (κ2) is 4.03. The lowest BCUT2D eigenvalue weighted by Gasteiger charge is -2.25. The fraction of sp³-hybridized carbons (Fsp3) is 0.833.